The van der Waals surface area contributed by atoms with Gasteiger partial charge < -0.3 is 14.9 Å². The van der Waals surface area contributed by atoms with Crippen LogP contribution in [0.1, 0.15) is 49.0 Å². The van der Waals surface area contributed by atoms with Gasteiger partial charge >= 0.3 is 5.97 Å². The summed E-state index contributed by atoms with van der Waals surface area (Å²) in [6, 6.07) is 6.33. The van der Waals surface area contributed by atoms with Crippen molar-refractivity contribution in [2.45, 2.75) is 38.7 Å². The Bertz CT molecular complexity index is 504. The first-order valence-corrected chi connectivity index (χ1v) is 7.53. The Labute approximate surface area is 132 Å². The number of carboxylic acids is 1. The summed E-state index contributed by atoms with van der Waals surface area (Å²) in [5.74, 6) is -0.982. The van der Waals surface area contributed by atoms with Gasteiger partial charge in [-0.2, -0.15) is 0 Å². The number of unbranched alkanes of at least 4 members (excludes halogenated alkanes) is 1. The first-order chi connectivity index (χ1) is 10.3. The molecule has 0 aliphatic heterocycles. The van der Waals surface area contributed by atoms with Crippen LogP contribution in [0, 0.1) is 5.41 Å². The molecule has 122 valence electrons. The van der Waals surface area contributed by atoms with Gasteiger partial charge in [-0.1, -0.05) is 38.0 Å². The maximum absolute atomic E-state index is 11.2. The van der Waals surface area contributed by atoms with Crippen molar-refractivity contribution in [3.8, 4) is 0 Å². The lowest BCUT2D eigenvalue weighted by Crippen LogP contribution is -2.45. The molecule has 0 amide bonds. The maximum atomic E-state index is 11.2. The predicted octanol–water partition coefficient (Wildman–Crippen LogP) is 3.60. The molecule has 2 N–H and O–H groups in total. The van der Waals surface area contributed by atoms with Gasteiger partial charge in [0.2, 0.25) is 0 Å². The maximum Gasteiger partial charge on any atom is 0.335 e. The topological polar surface area (TPSA) is 66.8 Å². The van der Waals surface area contributed by atoms with Crippen LogP contribution in [0.5, 0.6) is 0 Å². The number of benzene rings is 1. The monoisotopic (exact) mass is 306 g/mol. The van der Waals surface area contributed by atoms with Crippen molar-refractivity contribution in [3.05, 3.63) is 48.0 Å². The molecule has 1 rings (SSSR count). The van der Waals surface area contributed by atoms with Gasteiger partial charge in [-0.15, -0.1) is 6.58 Å². The van der Waals surface area contributed by atoms with Gasteiger partial charge in [0.15, 0.2) is 0 Å². The lowest BCUT2D eigenvalue weighted by atomic mass is 9.67. The molecule has 22 heavy (non-hydrogen) atoms. The average Bonchev–Trinajstić information content (AvgIpc) is 2.51. The predicted molar refractivity (Wildman–Crippen MR) is 87.0 cm³/mol. The van der Waals surface area contributed by atoms with E-state index in [1.165, 1.54) is 12.1 Å². The Morgan fingerprint density at radius 3 is 2.36 bits per heavy atom. The number of hydrogen-bond donors (Lipinski definition) is 2. The highest BCUT2D eigenvalue weighted by Gasteiger charge is 2.45. The number of methoxy groups -OCH3 is 1. The third kappa shape index (κ3) is 3.57. The molecule has 0 unspecified atom stereocenters. The highest BCUT2D eigenvalue weighted by molar-refractivity contribution is 5.87. The Hall–Kier alpha value is -1.65. The molecule has 0 fully saturated rings. The van der Waals surface area contributed by atoms with Crippen LogP contribution in [0.4, 0.5) is 0 Å². The van der Waals surface area contributed by atoms with E-state index in [4.69, 9.17) is 9.84 Å². The van der Waals surface area contributed by atoms with Crippen LogP contribution >= 0.6 is 0 Å². The highest BCUT2D eigenvalue weighted by atomic mass is 16.5. The molecule has 1 aromatic rings. The van der Waals surface area contributed by atoms with Crippen molar-refractivity contribution >= 4 is 5.97 Å². The molecular formula is C18H26O4. The first-order valence-electron chi connectivity index (χ1n) is 7.53. The lowest BCUT2D eigenvalue weighted by Gasteiger charge is -2.43. The second-order valence-corrected chi connectivity index (χ2v) is 5.85. The number of hydrogen-bond acceptors (Lipinski definition) is 3. The lowest BCUT2D eigenvalue weighted by molar-refractivity contribution is -0.0882. The van der Waals surface area contributed by atoms with Crippen molar-refractivity contribution in [2.24, 2.45) is 5.41 Å². The standard InChI is InChI=1S/C18H26O4/c1-5-7-12-18(6-2,13-22-4)17(3,21)15-10-8-14(9-11-15)16(19)20/h6,8-11,21H,2,5,7,12-13H2,1,3-4H3,(H,19,20)/t17-,18+/m1/s1. The number of carbonyl (C=O) groups is 1. The van der Waals surface area contributed by atoms with E-state index >= 15 is 0 Å². The largest absolute Gasteiger partial charge is 0.478 e. The minimum absolute atomic E-state index is 0.198. The third-order valence-electron chi connectivity index (χ3n) is 4.43. The number of aliphatic hydroxyl groups is 1. The van der Waals surface area contributed by atoms with Crippen LogP contribution in [0.25, 0.3) is 0 Å². The van der Waals surface area contributed by atoms with Crippen LogP contribution in [0.3, 0.4) is 0 Å². The van der Waals surface area contributed by atoms with Gasteiger partial charge in [-0.3, -0.25) is 0 Å². The summed E-state index contributed by atoms with van der Waals surface area (Å²) < 4.78 is 5.34. The molecule has 4 heteroatoms. The SMILES string of the molecule is C=C[C@](CCCC)(COC)[C@](C)(O)c1ccc(C(=O)O)cc1. The fraction of sp³-hybridized carbons (Fsp3) is 0.500. The molecule has 4 nitrogen and oxygen atoms in total. The summed E-state index contributed by atoms with van der Waals surface area (Å²) in [4.78, 5) is 11.0. The average molecular weight is 306 g/mol. The van der Waals surface area contributed by atoms with Crippen LogP contribution in [0.2, 0.25) is 0 Å². The normalized spacial score (nSPS) is 16.5. The van der Waals surface area contributed by atoms with E-state index in [0.717, 1.165) is 19.3 Å². The highest BCUT2D eigenvalue weighted by Crippen LogP contribution is 2.45. The zero-order chi connectivity index (χ0) is 16.8. The minimum atomic E-state index is -1.20. The van der Waals surface area contributed by atoms with Gasteiger partial charge in [-0.25, -0.2) is 4.79 Å². The molecule has 0 saturated heterocycles. The van der Waals surface area contributed by atoms with Crippen molar-refractivity contribution in [3.63, 3.8) is 0 Å². The molecule has 0 heterocycles. The van der Waals surface area contributed by atoms with Gasteiger partial charge in [0, 0.05) is 12.5 Å². The second kappa shape index (κ2) is 7.56. The van der Waals surface area contributed by atoms with E-state index in [0.29, 0.717) is 12.2 Å². The van der Waals surface area contributed by atoms with Gasteiger partial charge in [0.25, 0.3) is 0 Å². The molecule has 1 aromatic carbocycles. The number of aromatic carboxylic acids is 1. The summed E-state index contributed by atoms with van der Waals surface area (Å²) in [6.07, 6.45) is 4.46. The molecule has 0 aliphatic rings. The Balaban J connectivity index is 3.24. The summed E-state index contributed by atoms with van der Waals surface area (Å²) in [5, 5.41) is 20.2. The molecule has 0 aromatic heterocycles. The van der Waals surface area contributed by atoms with Crippen molar-refractivity contribution in [2.75, 3.05) is 13.7 Å². The van der Waals surface area contributed by atoms with E-state index in [1.807, 2.05) is 0 Å². The van der Waals surface area contributed by atoms with E-state index in [9.17, 15) is 9.90 Å². The van der Waals surface area contributed by atoms with E-state index in [2.05, 4.69) is 13.5 Å². The number of ether oxygens (including phenoxy) is 1. The first kappa shape index (κ1) is 18.4. The van der Waals surface area contributed by atoms with Gasteiger partial charge in [-0.05, 0) is 31.0 Å². The Morgan fingerprint density at radius 1 is 1.36 bits per heavy atom. The van der Waals surface area contributed by atoms with Crippen molar-refractivity contribution in [1.29, 1.82) is 0 Å². The fourth-order valence-electron chi connectivity index (χ4n) is 2.79. The smallest absolute Gasteiger partial charge is 0.335 e. The molecule has 2 atom stereocenters. The molecule has 0 spiro atoms. The number of rotatable bonds is 9. The van der Waals surface area contributed by atoms with Crippen molar-refractivity contribution in [1.82, 2.24) is 0 Å². The number of carboxylic acid groups (broad SMARTS) is 1. The van der Waals surface area contributed by atoms with E-state index < -0.39 is 17.0 Å². The Kier molecular flexibility index (Phi) is 6.33. The molecule has 0 bridgehead atoms. The summed E-state index contributed by atoms with van der Waals surface area (Å²) in [6.45, 7) is 8.09. The van der Waals surface area contributed by atoms with Crippen molar-refractivity contribution < 1.29 is 19.7 Å². The van der Waals surface area contributed by atoms with E-state index in [-0.39, 0.29) is 5.56 Å². The van der Waals surface area contributed by atoms with Crippen LogP contribution in [-0.4, -0.2) is 29.9 Å². The van der Waals surface area contributed by atoms with Gasteiger partial charge in [0.05, 0.1) is 17.8 Å². The zero-order valence-electron chi connectivity index (χ0n) is 13.6. The summed E-state index contributed by atoms with van der Waals surface area (Å²) in [7, 11) is 1.60. The quantitative estimate of drug-likeness (QED) is 0.684. The van der Waals surface area contributed by atoms with Crippen LogP contribution in [-0.2, 0) is 10.3 Å². The summed E-state index contributed by atoms with van der Waals surface area (Å²) >= 11 is 0. The zero-order valence-corrected chi connectivity index (χ0v) is 13.6. The fourth-order valence-corrected chi connectivity index (χ4v) is 2.79. The van der Waals surface area contributed by atoms with Crippen LogP contribution < -0.4 is 0 Å². The third-order valence-corrected chi connectivity index (χ3v) is 4.43. The van der Waals surface area contributed by atoms with Crippen LogP contribution in [0.15, 0.2) is 36.9 Å². The summed E-state index contributed by atoms with van der Waals surface area (Å²) in [5.41, 5.74) is -0.964. The molecule has 0 saturated carbocycles. The molecule has 0 aliphatic carbocycles. The van der Waals surface area contributed by atoms with E-state index in [1.54, 1.807) is 32.2 Å². The minimum Gasteiger partial charge on any atom is -0.478 e. The molecular weight excluding hydrogens is 280 g/mol. The van der Waals surface area contributed by atoms with Gasteiger partial charge in [0.1, 0.15) is 0 Å². The Morgan fingerprint density at radius 2 is 1.95 bits per heavy atom. The second-order valence-electron chi connectivity index (χ2n) is 5.85. The molecule has 0 radical (unpaired) electrons.